The van der Waals surface area contributed by atoms with E-state index in [1.807, 2.05) is 80.7 Å². The first-order valence-electron chi connectivity index (χ1n) is 10.1. The Morgan fingerprint density at radius 3 is 2.50 bits per heavy atom. The van der Waals surface area contributed by atoms with E-state index in [9.17, 15) is 14.9 Å². The predicted octanol–water partition coefficient (Wildman–Crippen LogP) is 4.61. The minimum absolute atomic E-state index is 0.154. The smallest absolute Gasteiger partial charge is 0.349 e. The Balaban J connectivity index is 1.67. The van der Waals surface area contributed by atoms with Crippen LogP contribution in [0.1, 0.15) is 32.2 Å². The number of esters is 1. The summed E-state index contributed by atoms with van der Waals surface area (Å²) in [6.45, 7) is 4.10. The summed E-state index contributed by atoms with van der Waals surface area (Å²) in [7, 11) is 3.86. The van der Waals surface area contributed by atoms with Crippen molar-refractivity contribution in [1.82, 2.24) is 4.57 Å². The first-order valence-corrected chi connectivity index (χ1v) is 11.0. The highest BCUT2D eigenvalue weighted by Gasteiger charge is 2.19. The Morgan fingerprint density at radius 1 is 1.19 bits per heavy atom. The summed E-state index contributed by atoms with van der Waals surface area (Å²) in [6, 6.07) is 15.1. The van der Waals surface area contributed by atoms with Crippen molar-refractivity contribution < 1.29 is 14.3 Å². The van der Waals surface area contributed by atoms with Gasteiger partial charge in [0.1, 0.15) is 11.6 Å². The predicted molar refractivity (Wildman–Crippen MR) is 127 cm³/mol. The molecule has 0 amide bonds. The van der Waals surface area contributed by atoms with Crippen LogP contribution in [0.4, 0.5) is 5.69 Å². The molecule has 0 saturated carbocycles. The number of hydrogen-bond donors (Lipinski definition) is 0. The molecule has 0 atom stereocenters. The number of aryl methyl sites for hydroxylation is 1. The molecule has 0 aliphatic rings. The van der Waals surface area contributed by atoms with Crippen molar-refractivity contribution in [2.75, 3.05) is 25.6 Å². The van der Waals surface area contributed by atoms with E-state index >= 15 is 0 Å². The van der Waals surface area contributed by atoms with Gasteiger partial charge in [-0.15, -0.1) is 11.3 Å². The second-order valence-electron chi connectivity index (χ2n) is 7.61. The molecule has 3 rings (SSSR count). The van der Waals surface area contributed by atoms with Gasteiger partial charge in [-0.1, -0.05) is 18.2 Å². The Hall–Kier alpha value is -3.63. The van der Waals surface area contributed by atoms with Crippen LogP contribution in [-0.4, -0.2) is 37.0 Å². The molecule has 164 valence electrons. The van der Waals surface area contributed by atoms with E-state index in [2.05, 4.69) is 10.6 Å². The number of carbonyl (C=O) groups is 2. The first-order chi connectivity index (χ1) is 15.3. The van der Waals surface area contributed by atoms with Crippen LogP contribution in [0.25, 0.3) is 6.08 Å². The summed E-state index contributed by atoms with van der Waals surface area (Å²) in [5.74, 6) is -1.11. The SMILES string of the molecule is Cc1cc(C(=O)COC(=O)/C(C#N)=C/c2ccc(N(C)C)cc2)c(C)n1Cc1cccs1. The maximum Gasteiger partial charge on any atom is 0.349 e. The average Bonchev–Trinajstić information content (AvgIpc) is 3.39. The van der Waals surface area contributed by atoms with E-state index in [4.69, 9.17) is 4.74 Å². The molecule has 0 unspecified atom stereocenters. The number of ketones is 1. The monoisotopic (exact) mass is 447 g/mol. The Morgan fingerprint density at radius 2 is 1.91 bits per heavy atom. The van der Waals surface area contributed by atoms with Crippen LogP contribution >= 0.6 is 11.3 Å². The molecular weight excluding hydrogens is 422 g/mol. The number of carbonyl (C=O) groups excluding carboxylic acids is 2. The van der Waals surface area contributed by atoms with Crippen molar-refractivity contribution >= 4 is 34.9 Å². The Labute approximate surface area is 192 Å². The molecule has 32 heavy (non-hydrogen) atoms. The normalized spacial score (nSPS) is 11.2. The van der Waals surface area contributed by atoms with E-state index < -0.39 is 12.6 Å². The van der Waals surface area contributed by atoms with Crippen molar-refractivity contribution in [2.24, 2.45) is 0 Å². The van der Waals surface area contributed by atoms with Gasteiger partial charge >= 0.3 is 5.97 Å². The molecule has 7 heteroatoms. The summed E-state index contributed by atoms with van der Waals surface area (Å²) in [5, 5.41) is 11.4. The first kappa shape index (κ1) is 23.0. The van der Waals surface area contributed by atoms with Gasteiger partial charge in [0, 0.05) is 41.6 Å². The minimum atomic E-state index is -0.815. The number of anilines is 1. The number of ether oxygens (including phenoxy) is 1. The zero-order chi connectivity index (χ0) is 23.3. The average molecular weight is 448 g/mol. The molecule has 0 N–H and O–H groups in total. The summed E-state index contributed by atoms with van der Waals surface area (Å²) in [5.41, 5.74) is 3.86. The second kappa shape index (κ2) is 10.1. The highest BCUT2D eigenvalue weighted by Crippen LogP contribution is 2.20. The Kier molecular flexibility index (Phi) is 7.29. The molecule has 0 radical (unpaired) electrons. The Bertz CT molecular complexity index is 1180. The number of hydrogen-bond acceptors (Lipinski definition) is 6. The van der Waals surface area contributed by atoms with Gasteiger partial charge in [0.05, 0.1) is 6.54 Å². The molecule has 6 nitrogen and oxygen atoms in total. The largest absolute Gasteiger partial charge is 0.453 e. The molecule has 1 aromatic carbocycles. The fourth-order valence-corrected chi connectivity index (χ4v) is 4.04. The quantitative estimate of drug-likeness (QED) is 0.218. The molecule has 0 spiro atoms. The standard InChI is InChI=1S/C25H25N3O3S/c1-17-12-23(18(2)28(17)15-22-6-5-11-32-22)24(29)16-31-25(30)20(14-26)13-19-7-9-21(10-8-19)27(3)4/h5-13H,15-16H2,1-4H3/b20-13+. The number of thiophene rings is 1. The summed E-state index contributed by atoms with van der Waals surface area (Å²) in [6.07, 6.45) is 1.46. The third-order valence-electron chi connectivity index (χ3n) is 5.16. The van der Waals surface area contributed by atoms with Crippen molar-refractivity contribution in [1.29, 1.82) is 5.26 Å². The summed E-state index contributed by atoms with van der Waals surface area (Å²) in [4.78, 5) is 28.2. The lowest BCUT2D eigenvalue weighted by molar-refractivity contribution is -0.137. The zero-order valence-corrected chi connectivity index (χ0v) is 19.4. The van der Waals surface area contributed by atoms with E-state index in [1.54, 1.807) is 11.3 Å². The fraction of sp³-hybridized carbons (Fsp3) is 0.240. The van der Waals surface area contributed by atoms with Crippen LogP contribution in [0.3, 0.4) is 0 Å². The van der Waals surface area contributed by atoms with E-state index in [-0.39, 0.29) is 11.4 Å². The van der Waals surface area contributed by atoms with Crippen LogP contribution in [-0.2, 0) is 16.1 Å². The van der Waals surface area contributed by atoms with Gasteiger partial charge in [-0.3, -0.25) is 4.79 Å². The molecule has 0 aliphatic carbocycles. The summed E-state index contributed by atoms with van der Waals surface area (Å²) < 4.78 is 7.23. The second-order valence-corrected chi connectivity index (χ2v) is 8.64. The van der Waals surface area contributed by atoms with Crippen LogP contribution in [0, 0.1) is 25.2 Å². The lowest BCUT2D eigenvalue weighted by atomic mass is 10.1. The van der Waals surface area contributed by atoms with Gasteiger partial charge in [-0.2, -0.15) is 5.26 Å². The lowest BCUT2D eigenvalue weighted by Gasteiger charge is -2.11. The minimum Gasteiger partial charge on any atom is -0.453 e. The van der Waals surface area contributed by atoms with E-state index in [0.717, 1.165) is 17.1 Å². The molecule has 3 aromatic rings. The van der Waals surface area contributed by atoms with Crippen molar-refractivity contribution in [3.05, 3.63) is 80.8 Å². The number of rotatable bonds is 8. The van der Waals surface area contributed by atoms with Crippen LogP contribution in [0.2, 0.25) is 0 Å². The fourth-order valence-electron chi connectivity index (χ4n) is 3.34. The van der Waals surface area contributed by atoms with E-state index in [0.29, 0.717) is 17.7 Å². The van der Waals surface area contributed by atoms with Gasteiger partial charge in [-0.25, -0.2) is 4.79 Å². The third kappa shape index (κ3) is 5.34. The van der Waals surface area contributed by atoms with Crippen LogP contribution in [0.5, 0.6) is 0 Å². The molecule has 0 fully saturated rings. The molecular formula is C25H25N3O3S. The number of nitrogens with zero attached hydrogens (tertiary/aromatic N) is 3. The molecule has 2 heterocycles. The van der Waals surface area contributed by atoms with Crippen molar-refractivity contribution in [2.45, 2.75) is 20.4 Å². The molecule has 2 aromatic heterocycles. The van der Waals surface area contributed by atoms with Crippen molar-refractivity contribution in [3.63, 3.8) is 0 Å². The van der Waals surface area contributed by atoms with Gasteiger partial charge < -0.3 is 14.2 Å². The van der Waals surface area contributed by atoms with E-state index in [1.165, 1.54) is 11.0 Å². The van der Waals surface area contributed by atoms with Gasteiger partial charge in [0.15, 0.2) is 6.61 Å². The highest BCUT2D eigenvalue weighted by molar-refractivity contribution is 7.09. The topological polar surface area (TPSA) is 75.3 Å². The van der Waals surface area contributed by atoms with Crippen molar-refractivity contribution in [3.8, 4) is 6.07 Å². The number of Topliss-reactive ketones (excluding diaryl/α,β-unsaturated/α-hetero) is 1. The highest BCUT2D eigenvalue weighted by atomic mass is 32.1. The number of benzene rings is 1. The molecule has 0 aliphatic heterocycles. The third-order valence-corrected chi connectivity index (χ3v) is 6.02. The van der Waals surface area contributed by atoms with Gasteiger partial charge in [0.25, 0.3) is 0 Å². The maximum atomic E-state index is 12.7. The molecule has 0 saturated heterocycles. The molecule has 0 bridgehead atoms. The van der Waals surface area contributed by atoms with Gasteiger partial charge in [0.2, 0.25) is 5.78 Å². The number of nitriles is 1. The zero-order valence-electron chi connectivity index (χ0n) is 18.6. The lowest BCUT2D eigenvalue weighted by Crippen LogP contribution is -2.16. The number of aromatic nitrogens is 1. The van der Waals surface area contributed by atoms with Crippen LogP contribution in [0.15, 0.2) is 53.4 Å². The maximum absolute atomic E-state index is 12.7. The van der Waals surface area contributed by atoms with Gasteiger partial charge in [-0.05, 0) is 55.1 Å². The van der Waals surface area contributed by atoms with Crippen LogP contribution < -0.4 is 4.90 Å². The summed E-state index contributed by atoms with van der Waals surface area (Å²) >= 11 is 1.66.